The average molecular weight is 549 g/mol. The summed E-state index contributed by atoms with van der Waals surface area (Å²) in [5.41, 5.74) is 5.81. The van der Waals surface area contributed by atoms with Crippen LogP contribution in [0.25, 0.3) is 22.1 Å². The minimum absolute atomic E-state index is 0.266. The normalized spacial score (nSPS) is 16.5. The van der Waals surface area contributed by atoms with Crippen LogP contribution in [0.5, 0.6) is 0 Å². The zero-order chi connectivity index (χ0) is 27.6. The Balaban J connectivity index is 0.000000392. The molecule has 1 saturated heterocycles. The first-order chi connectivity index (χ1) is 18.7. The molecule has 0 unspecified atom stereocenters. The fraction of sp³-hybridized carbons (Fsp3) is 0.423. The SMILES string of the molecule is Fc1ccc2nc(CNc3cc(N4CCOCC4)cc4c3ncn4C3CCCC3)[nH]c2c1.O=C(O)C(F)(F)F. The summed E-state index contributed by atoms with van der Waals surface area (Å²) in [7, 11) is 0. The number of alkyl halides is 3. The number of rotatable bonds is 5. The van der Waals surface area contributed by atoms with E-state index in [2.05, 4.69) is 36.9 Å². The van der Waals surface area contributed by atoms with Gasteiger partial charge >= 0.3 is 12.1 Å². The molecule has 2 aliphatic rings. The molecule has 2 fully saturated rings. The Bertz CT molecular complexity index is 1460. The summed E-state index contributed by atoms with van der Waals surface area (Å²) >= 11 is 0. The number of halogens is 4. The molecule has 2 aromatic carbocycles. The molecule has 208 valence electrons. The minimum Gasteiger partial charge on any atom is -0.475 e. The minimum atomic E-state index is -5.08. The largest absolute Gasteiger partial charge is 0.490 e. The first-order valence-electron chi connectivity index (χ1n) is 12.7. The van der Waals surface area contributed by atoms with Crippen molar-refractivity contribution >= 4 is 39.4 Å². The van der Waals surface area contributed by atoms with Gasteiger partial charge in [-0.3, -0.25) is 0 Å². The molecule has 1 aliphatic heterocycles. The van der Waals surface area contributed by atoms with Gasteiger partial charge in [-0.1, -0.05) is 12.8 Å². The molecule has 0 amide bonds. The maximum atomic E-state index is 13.5. The van der Waals surface area contributed by atoms with Gasteiger partial charge in [-0.05, 0) is 43.2 Å². The highest BCUT2D eigenvalue weighted by atomic mass is 19.4. The number of hydrogen-bond donors (Lipinski definition) is 3. The Morgan fingerprint density at radius 2 is 1.87 bits per heavy atom. The standard InChI is InChI=1S/C24H27FN6O.C2HF3O2/c25-16-5-6-19-20(11-16)29-23(28-19)14-26-21-12-18(30-7-9-32-10-8-30)13-22-24(21)27-15-31(22)17-3-1-2-4-17;3-2(4,5)1(6)7/h5-6,11-13,15,17,26H,1-4,7-10,14H2,(H,28,29);(H,6,7). The Labute approximate surface area is 220 Å². The maximum absolute atomic E-state index is 13.5. The molecule has 0 spiro atoms. The monoisotopic (exact) mass is 548 g/mol. The van der Waals surface area contributed by atoms with Crippen LogP contribution in [-0.2, 0) is 16.1 Å². The molecule has 0 radical (unpaired) electrons. The number of carboxylic acid groups (broad SMARTS) is 1. The molecule has 39 heavy (non-hydrogen) atoms. The Morgan fingerprint density at radius 1 is 1.15 bits per heavy atom. The fourth-order valence-electron chi connectivity index (χ4n) is 5.03. The highest BCUT2D eigenvalue weighted by molar-refractivity contribution is 5.92. The lowest BCUT2D eigenvalue weighted by atomic mass is 10.2. The highest BCUT2D eigenvalue weighted by Gasteiger charge is 2.38. The fourth-order valence-corrected chi connectivity index (χ4v) is 5.03. The van der Waals surface area contributed by atoms with E-state index in [0.29, 0.717) is 18.1 Å². The number of H-pyrrole nitrogens is 1. The van der Waals surface area contributed by atoms with E-state index in [0.717, 1.165) is 48.8 Å². The number of ether oxygens (including phenoxy) is 1. The summed E-state index contributed by atoms with van der Waals surface area (Å²) in [6, 6.07) is 9.60. The number of aromatic amines is 1. The molecular formula is C26H28F4N6O3. The van der Waals surface area contributed by atoms with Gasteiger partial charge in [0.2, 0.25) is 0 Å². The van der Waals surface area contributed by atoms with Gasteiger partial charge in [-0.2, -0.15) is 13.2 Å². The second kappa shape index (κ2) is 11.1. The van der Waals surface area contributed by atoms with Gasteiger partial charge in [-0.25, -0.2) is 19.2 Å². The van der Waals surface area contributed by atoms with E-state index in [1.165, 1.54) is 49.0 Å². The maximum Gasteiger partial charge on any atom is 0.490 e. The summed E-state index contributed by atoms with van der Waals surface area (Å²) in [6.45, 7) is 3.78. The lowest BCUT2D eigenvalue weighted by Crippen LogP contribution is -2.36. The van der Waals surface area contributed by atoms with Crippen LogP contribution in [-0.4, -0.2) is 63.1 Å². The number of nitrogens with zero attached hydrogens (tertiary/aromatic N) is 4. The molecule has 3 heterocycles. The quantitative estimate of drug-likeness (QED) is 0.293. The summed E-state index contributed by atoms with van der Waals surface area (Å²) in [5.74, 6) is -2.25. The van der Waals surface area contributed by atoms with E-state index in [1.54, 1.807) is 6.07 Å². The average Bonchev–Trinajstić information content (AvgIpc) is 3.66. The Hall–Kier alpha value is -3.87. The molecule has 13 heteroatoms. The van der Waals surface area contributed by atoms with Crippen LogP contribution in [0, 0.1) is 5.82 Å². The van der Waals surface area contributed by atoms with Gasteiger partial charge in [-0.15, -0.1) is 0 Å². The van der Waals surface area contributed by atoms with E-state index < -0.39 is 12.1 Å². The van der Waals surface area contributed by atoms with Crippen molar-refractivity contribution in [1.82, 2.24) is 19.5 Å². The first-order valence-corrected chi connectivity index (χ1v) is 12.7. The number of fused-ring (bicyclic) bond motifs is 2. The van der Waals surface area contributed by atoms with Crippen LogP contribution in [0.15, 0.2) is 36.7 Å². The molecule has 1 aliphatic carbocycles. The Kier molecular flexibility index (Phi) is 7.60. The number of imidazole rings is 2. The van der Waals surface area contributed by atoms with Crippen molar-refractivity contribution in [3.8, 4) is 0 Å². The second-order valence-corrected chi connectivity index (χ2v) is 9.55. The summed E-state index contributed by atoms with van der Waals surface area (Å²) in [6.07, 6.45) is 1.91. The van der Waals surface area contributed by atoms with Crippen molar-refractivity contribution in [2.24, 2.45) is 0 Å². The molecule has 3 N–H and O–H groups in total. The number of anilines is 2. The number of carbonyl (C=O) groups is 1. The van der Waals surface area contributed by atoms with Crippen molar-refractivity contribution in [2.75, 3.05) is 36.5 Å². The zero-order valence-corrected chi connectivity index (χ0v) is 21.0. The zero-order valence-electron chi connectivity index (χ0n) is 21.0. The van der Waals surface area contributed by atoms with Crippen LogP contribution < -0.4 is 10.2 Å². The summed E-state index contributed by atoms with van der Waals surface area (Å²) in [4.78, 5) is 23.9. The predicted molar refractivity (Wildman–Crippen MR) is 137 cm³/mol. The van der Waals surface area contributed by atoms with Gasteiger partial charge in [0.25, 0.3) is 0 Å². The van der Waals surface area contributed by atoms with Crippen LogP contribution in [0.2, 0.25) is 0 Å². The highest BCUT2D eigenvalue weighted by Crippen LogP contribution is 2.36. The van der Waals surface area contributed by atoms with Crippen LogP contribution in [0.1, 0.15) is 37.5 Å². The van der Waals surface area contributed by atoms with Crippen molar-refractivity contribution in [3.63, 3.8) is 0 Å². The van der Waals surface area contributed by atoms with Crippen molar-refractivity contribution in [2.45, 2.75) is 44.4 Å². The first kappa shape index (κ1) is 26.7. The van der Waals surface area contributed by atoms with E-state index in [9.17, 15) is 17.6 Å². The van der Waals surface area contributed by atoms with Gasteiger partial charge in [0.15, 0.2) is 0 Å². The number of aromatic nitrogens is 4. The molecular weight excluding hydrogens is 520 g/mol. The van der Waals surface area contributed by atoms with Gasteiger partial charge < -0.3 is 29.6 Å². The third-order valence-corrected chi connectivity index (χ3v) is 6.94. The van der Waals surface area contributed by atoms with Crippen molar-refractivity contribution in [3.05, 3.63) is 48.3 Å². The number of morpholine rings is 1. The third-order valence-electron chi connectivity index (χ3n) is 6.94. The van der Waals surface area contributed by atoms with E-state index in [-0.39, 0.29) is 5.82 Å². The molecule has 4 aromatic rings. The summed E-state index contributed by atoms with van der Waals surface area (Å²) in [5, 5.41) is 10.7. The molecule has 9 nitrogen and oxygen atoms in total. The Morgan fingerprint density at radius 3 is 2.56 bits per heavy atom. The topological polar surface area (TPSA) is 108 Å². The second-order valence-electron chi connectivity index (χ2n) is 9.55. The third kappa shape index (κ3) is 6.08. The number of nitrogens with one attached hydrogen (secondary N) is 2. The van der Waals surface area contributed by atoms with Crippen molar-refractivity contribution < 1.29 is 32.2 Å². The smallest absolute Gasteiger partial charge is 0.475 e. The van der Waals surface area contributed by atoms with Crippen LogP contribution >= 0.6 is 0 Å². The van der Waals surface area contributed by atoms with Gasteiger partial charge in [0.1, 0.15) is 17.2 Å². The number of aliphatic carboxylic acids is 1. The number of carboxylic acids is 1. The van der Waals surface area contributed by atoms with Crippen LogP contribution in [0.3, 0.4) is 0 Å². The van der Waals surface area contributed by atoms with E-state index >= 15 is 0 Å². The molecule has 0 atom stereocenters. The molecule has 6 rings (SSSR count). The lowest BCUT2D eigenvalue weighted by molar-refractivity contribution is -0.192. The molecule has 0 bridgehead atoms. The van der Waals surface area contributed by atoms with Crippen LogP contribution in [0.4, 0.5) is 28.9 Å². The van der Waals surface area contributed by atoms with Crippen molar-refractivity contribution in [1.29, 1.82) is 0 Å². The molecule has 2 aromatic heterocycles. The van der Waals surface area contributed by atoms with E-state index in [1.807, 2.05) is 6.33 Å². The molecule has 1 saturated carbocycles. The van der Waals surface area contributed by atoms with Gasteiger partial charge in [0, 0.05) is 24.8 Å². The predicted octanol–water partition coefficient (Wildman–Crippen LogP) is 5.25. The summed E-state index contributed by atoms with van der Waals surface area (Å²) < 4.78 is 53.2. The van der Waals surface area contributed by atoms with Gasteiger partial charge in [0.05, 0.1) is 48.3 Å². The number of benzene rings is 2. The van der Waals surface area contributed by atoms with E-state index in [4.69, 9.17) is 19.6 Å². The number of hydrogen-bond acceptors (Lipinski definition) is 6. The lowest BCUT2D eigenvalue weighted by Gasteiger charge is -2.29.